The van der Waals surface area contributed by atoms with Gasteiger partial charge in [0.25, 0.3) is 0 Å². The van der Waals surface area contributed by atoms with Gasteiger partial charge in [0.15, 0.2) is 0 Å². The topological polar surface area (TPSA) is 109 Å². The van der Waals surface area contributed by atoms with Crippen molar-refractivity contribution in [3.05, 3.63) is 60.4 Å². The lowest BCUT2D eigenvalue weighted by Crippen LogP contribution is -2.15. The quantitative estimate of drug-likeness (QED) is 0.539. The van der Waals surface area contributed by atoms with Crippen LogP contribution in [0.5, 0.6) is 0 Å². The van der Waals surface area contributed by atoms with Crippen LogP contribution in [0.2, 0.25) is 0 Å². The van der Waals surface area contributed by atoms with Crippen molar-refractivity contribution in [2.24, 2.45) is 0 Å². The first kappa shape index (κ1) is 20.0. The van der Waals surface area contributed by atoms with Gasteiger partial charge < -0.3 is 9.88 Å². The van der Waals surface area contributed by atoms with Gasteiger partial charge in [0.2, 0.25) is 11.7 Å². The number of nitrogens with one attached hydrogen (secondary N) is 1. The van der Waals surface area contributed by atoms with E-state index in [0.29, 0.717) is 16.9 Å². The van der Waals surface area contributed by atoms with Gasteiger partial charge in [-0.2, -0.15) is 14.0 Å². The molecule has 8 nitrogen and oxygen atoms in total. The smallest absolute Gasteiger partial charge is 0.303 e. The largest absolute Gasteiger partial charge is 0.311 e. The van der Waals surface area contributed by atoms with Gasteiger partial charge in [0.05, 0.1) is 11.2 Å². The van der Waals surface area contributed by atoms with Crippen LogP contribution in [0.3, 0.4) is 0 Å². The summed E-state index contributed by atoms with van der Waals surface area (Å²) in [5.74, 6) is -3.71. The molecule has 4 aromatic heterocycles. The molecule has 0 aliphatic rings. The summed E-state index contributed by atoms with van der Waals surface area (Å²) in [5.41, 5.74) is 1.43. The Hall–Kier alpha value is -4.26. The molecule has 10 heteroatoms. The highest BCUT2D eigenvalue weighted by atomic mass is 19.3. The van der Waals surface area contributed by atoms with Gasteiger partial charge in [-0.1, -0.05) is 0 Å². The van der Waals surface area contributed by atoms with E-state index in [2.05, 4.69) is 25.3 Å². The van der Waals surface area contributed by atoms with E-state index in [4.69, 9.17) is 5.26 Å². The zero-order chi connectivity index (χ0) is 22.2. The number of nitriles is 1. The van der Waals surface area contributed by atoms with Crippen molar-refractivity contribution in [3.63, 3.8) is 0 Å². The molecule has 0 atom stereocenters. The van der Waals surface area contributed by atoms with Crippen LogP contribution in [-0.4, -0.2) is 30.4 Å². The average Bonchev–Trinajstić information content (AvgIpc) is 3.15. The number of carbonyl (C=O) groups is 1. The molecular weight excluding hydrogens is 404 g/mol. The SMILES string of the molecule is CC(=O)Nc1cc2c(ccn2-c2cc(-c3ccnc(C#N)c3)nc(C(C)(F)F)n2)cn1. The number of hydrogen-bond acceptors (Lipinski definition) is 6. The van der Waals surface area contributed by atoms with Crippen LogP contribution >= 0.6 is 0 Å². The van der Waals surface area contributed by atoms with Crippen molar-refractivity contribution < 1.29 is 13.6 Å². The molecule has 31 heavy (non-hydrogen) atoms. The summed E-state index contributed by atoms with van der Waals surface area (Å²) >= 11 is 0. The fourth-order valence-electron chi connectivity index (χ4n) is 3.03. The van der Waals surface area contributed by atoms with Gasteiger partial charge in [-0.3, -0.25) is 4.79 Å². The van der Waals surface area contributed by atoms with E-state index < -0.39 is 11.7 Å². The van der Waals surface area contributed by atoms with Gasteiger partial charge in [-0.25, -0.2) is 19.9 Å². The van der Waals surface area contributed by atoms with E-state index in [1.54, 1.807) is 41.2 Å². The first-order chi connectivity index (χ1) is 14.7. The molecule has 0 radical (unpaired) electrons. The minimum Gasteiger partial charge on any atom is -0.311 e. The Labute approximate surface area is 175 Å². The van der Waals surface area contributed by atoms with Gasteiger partial charge in [0, 0.05) is 55.5 Å². The fourth-order valence-corrected chi connectivity index (χ4v) is 3.03. The lowest BCUT2D eigenvalue weighted by Gasteiger charge is -2.14. The van der Waals surface area contributed by atoms with Crippen molar-refractivity contribution in [1.82, 2.24) is 24.5 Å². The van der Waals surface area contributed by atoms with E-state index in [-0.39, 0.29) is 23.1 Å². The van der Waals surface area contributed by atoms with Crippen LogP contribution < -0.4 is 5.32 Å². The minimum atomic E-state index is -3.29. The van der Waals surface area contributed by atoms with E-state index in [9.17, 15) is 13.6 Å². The second-order valence-electron chi connectivity index (χ2n) is 6.86. The summed E-state index contributed by atoms with van der Waals surface area (Å²) in [4.78, 5) is 27.5. The van der Waals surface area contributed by atoms with Crippen LogP contribution in [0.25, 0.3) is 28.0 Å². The Bertz CT molecular complexity index is 1350. The zero-order valence-electron chi connectivity index (χ0n) is 16.5. The molecule has 0 aliphatic heterocycles. The number of aromatic nitrogens is 5. The molecule has 0 bridgehead atoms. The molecule has 0 fully saturated rings. The summed E-state index contributed by atoms with van der Waals surface area (Å²) < 4.78 is 30.0. The number of anilines is 1. The highest BCUT2D eigenvalue weighted by molar-refractivity contribution is 5.91. The molecule has 1 N–H and O–H groups in total. The second-order valence-corrected chi connectivity index (χ2v) is 6.86. The Morgan fingerprint density at radius 1 is 1.19 bits per heavy atom. The summed E-state index contributed by atoms with van der Waals surface area (Å²) in [5, 5.41) is 12.4. The first-order valence-electron chi connectivity index (χ1n) is 9.13. The average molecular weight is 419 g/mol. The third-order valence-corrected chi connectivity index (χ3v) is 4.40. The van der Waals surface area contributed by atoms with Crippen LogP contribution in [-0.2, 0) is 10.7 Å². The van der Waals surface area contributed by atoms with Crippen LogP contribution in [0, 0.1) is 11.3 Å². The van der Waals surface area contributed by atoms with Crippen LogP contribution in [0.4, 0.5) is 14.6 Å². The molecule has 0 aromatic carbocycles. The number of hydrogen-bond donors (Lipinski definition) is 1. The number of amides is 1. The number of halogens is 2. The van der Waals surface area contributed by atoms with Gasteiger partial charge >= 0.3 is 5.92 Å². The summed E-state index contributed by atoms with van der Waals surface area (Å²) in [6, 6.07) is 9.90. The van der Waals surface area contributed by atoms with Crippen molar-refractivity contribution in [3.8, 4) is 23.1 Å². The fraction of sp³-hybridized carbons (Fsp3) is 0.143. The molecule has 0 unspecified atom stereocenters. The summed E-state index contributed by atoms with van der Waals surface area (Å²) in [7, 11) is 0. The van der Waals surface area contributed by atoms with Crippen LogP contribution in [0.1, 0.15) is 25.4 Å². The predicted octanol–water partition coefficient (Wildman–Crippen LogP) is 3.82. The molecule has 154 valence electrons. The Morgan fingerprint density at radius 3 is 2.71 bits per heavy atom. The molecule has 4 heterocycles. The van der Waals surface area contributed by atoms with Gasteiger partial charge in [0.1, 0.15) is 23.4 Å². The summed E-state index contributed by atoms with van der Waals surface area (Å²) in [6.45, 7) is 2.08. The van der Waals surface area contributed by atoms with E-state index in [1.807, 2.05) is 6.07 Å². The van der Waals surface area contributed by atoms with Gasteiger partial charge in [-0.15, -0.1) is 0 Å². The van der Waals surface area contributed by atoms with E-state index in [1.165, 1.54) is 19.2 Å². The molecule has 0 saturated carbocycles. The van der Waals surface area contributed by atoms with Crippen molar-refractivity contribution in [1.29, 1.82) is 5.26 Å². The number of fused-ring (bicyclic) bond motifs is 1. The third-order valence-electron chi connectivity index (χ3n) is 4.40. The summed E-state index contributed by atoms with van der Waals surface area (Å²) in [6.07, 6.45) is 4.65. The Morgan fingerprint density at radius 2 is 2.00 bits per heavy atom. The number of pyridine rings is 2. The molecule has 0 saturated heterocycles. The number of nitrogens with zero attached hydrogens (tertiary/aromatic N) is 6. The first-order valence-corrected chi connectivity index (χ1v) is 9.13. The maximum Gasteiger partial charge on any atom is 0.303 e. The lowest BCUT2D eigenvalue weighted by atomic mass is 10.1. The van der Waals surface area contributed by atoms with E-state index in [0.717, 1.165) is 12.3 Å². The highest BCUT2D eigenvalue weighted by Crippen LogP contribution is 2.29. The van der Waals surface area contributed by atoms with Crippen LogP contribution in [0.15, 0.2) is 48.9 Å². The van der Waals surface area contributed by atoms with Crippen molar-refractivity contribution in [2.75, 3.05) is 5.32 Å². The lowest BCUT2D eigenvalue weighted by molar-refractivity contribution is -0.114. The maximum absolute atomic E-state index is 14.2. The third kappa shape index (κ3) is 4.06. The minimum absolute atomic E-state index is 0.139. The number of rotatable bonds is 4. The highest BCUT2D eigenvalue weighted by Gasteiger charge is 2.30. The maximum atomic E-state index is 14.2. The Balaban J connectivity index is 1.92. The van der Waals surface area contributed by atoms with Crippen molar-refractivity contribution >= 4 is 22.6 Å². The monoisotopic (exact) mass is 419 g/mol. The molecule has 4 aromatic rings. The zero-order valence-corrected chi connectivity index (χ0v) is 16.5. The Kier molecular flexibility index (Phi) is 4.87. The number of carbonyl (C=O) groups excluding carboxylic acids is 1. The second kappa shape index (κ2) is 7.53. The van der Waals surface area contributed by atoms with E-state index >= 15 is 0 Å². The molecule has 0 aliphatic carbocycles. The molecule has 1 amide bonds. The molecule has 4 rings (SSSR count). The van der Waals surface area contributed by atoms with Crippen molar-refractivity contribution in [2.45, 2.75) is 19.8 Å². The normalized spacial score (nSPS) is 11.3. The standard InChI is InChI=1S/C21H15F2N7O/c1-12(31)27-18-9-17-14(11-26-18)4-6-30(17)19-8-16(28-20(29-19)21(2,22)23)13-3-5-25-15(7-13)10-24/h3-9,11H,1-2H3,(H,26,27,31). The van der Waals surface area contributed by atoms with Gasteiger partial charge in [-0.05, 0) is 18.2 Å². The molecule has 0 spiro atoms. The molecular formula is C21H15F2N7O. The number of alkyl halides is 2. The predicted molar refractivity (Wildman–Crippen MR) is 108 cm³/mol.